The fourth-order valence-corrected chi connectivity index (χ4v) is 4.85. The quantitative estimate of drug-likeness (QED) is 0.780. The van der Waals surface area contributed by atoms with Crippen LogP contribution in [0.25, 0.3) is 0 Å². The lowest BCUT2D eigenvalue weighted by molar-refractivity contribution is -0.130. The van der Waals surface area contributed by atoms with Crippen LogP contribution in [-0.4, -0.2) is 43.8 Å². The highest BCUT2D eigenvalue weighted by atomic mass is 16.5. The number of aromatic nitrogens is 4. The second-order valence-electron chi connectivity index (χ2n) is 8.23. The monoisotopic (exact) mass is 371 g/mol. The number of amides is 1. The summed E-state index contributed by atoms with van der Waals surface area (Å²) in [6, 6.07) is 0. The van der Waals surface area contributed by atoms with Crippen LogP contribution in [-0.2, 0) is 17.8 Å². The fraction of sp³-hybridized carbons (Fsp3) is 0.700. The predicted molar refractivity (Wildman–Crippen MR) is 100 cm³/mol. The number of hydrogen-bond donors (Lipinski definition) is 0. The van der Waals surface area contributed by atoms with Crippen molar-refractivity contribution in [2.24, 2.45) is 5.41 Å². The molecule has 1 unspecified atom stereocenters. The van der Waals surface area contributed by atoms with Gasteiger partial charge in [-0.3, -0.25) is 4.79 Å². The SMILES string of the molecule is CCCn1cnnc1C1CN(C(=O)CCc2c(C)noc2C)CC12CCC2. The van der Waals surface area contributed by atoms with E-state index in [0.29, 0.717) is 18.8 Å². The second-order valence-corrected chi connectivity index (χ2v) is 8.23. The van der Waals surface area contributed by atoms with E-state index >= 15 is 0 Å². The largest absolute Gasteiger partial charge is 0.361 e. The zero-order valence-corrected chi connectivity index (χ0v) is 16.6. The third-order valence-electron chi connectivity index (χ3n) is 6.54. The van der Waals surface area contributed by atoms with Gasteiger partial charge < -0.3 is 14.0 Å². The van der Waals surface area contributed by atoms with Crippen molar-refractivity contribution in [1.29, 1.82) is 0 Å². The summed E-state index contributed by atoms with van der Waals surface area (Å²) in [5.41, 5.74) is 2.17. The summed E-state index contributed by atoms with van der Waals surface area (Å²) in [5, 5.41) is 12.6. The molecule has 2 aromatic heterocycles. The number of rotatable bonds is 6. The minimum atomic E-state index is 0.206. The van der Waals surface area contributed by atoms with E-state index in [1.54, 1.807) is 0 Å². The third-order valence-corrected chi connectivity index (χ3v) is 6.54. The maximum absolute atomic E-state index is 12.9. The van der Waals surface area contributed by atoms with Gasteiger partial charge in [0, 0.05) is 37.5 Å². The van der Waals surface area contributed by atoms with Gasteiger partial charge in [-0.15, -0.1) is 10.2 Å². The number of likely N-dealkylation sites (tertiary alicyclic amines) is 1. The molecule has 4 rings (SSSR count). The molecule has 7 nitrogen and oxygen atoms in total. The molecule has 3 heterocycles. The van der Waals surface area contributed by atoms with Crippen molar-refractivity contribution in [3.05, 3.63) is 29.2 Å². The minimum absolute atomic E-state index is 0.206. The molecule has 1 atom stereocenters. The van der Waals surface area contributed by atoms with Crippen molar-refractivity contribution < 1.29 is 9.32 Å². The van der Waals surface area contributed by atoms with Crippen LogP contribution < -0.4 is 0 Å². The molecule has 0 bridgehead atoms. The van der Waals surface area contributed by atoms with Gasteiger partial charge in [0.15, 0.2) is 0 Å². The number of nitrogens with zero attached hydrogens (tertiary/aromatic N) is 5. The second kappa shape index (κ2) is 7.09. The molecular weight excluding hydrogens is 342 g/mol. The maximum Gasteiger partial charge on any atom is 0.222 e. The molecular formula is C20H29N5O2. The smallest absolute Gasteiger partial charge is 0.222 e. The van der Waals surface area contributed by atoms with Crippen LogP contribution in [0, 0.1) is 19.3 Å². The van der Waals surface area contributed by atoms with E-state index in [2.05, 4.69) is 31.7 Å². The topological polar surface area (TPSA) is 77.1 Å². The number of carbonyl (C=O) groups is 1. The zero-order chi connectivity index (χ0) is 19.0. The molecule has 1 saturated heterocycles. The molecule has 1 aliphatic carbocycles. The van der Waals surface area contributed by atoms with E-state index < -0.39 is 0 Å². The van der Waals surface area contributed by atoms with Crippen molar-refractivity contribution in [2.75, 3.05) is 13.1 Å². The van der Waals surface area contributed by atoms with E-state index in [1.807, 2.05) is 20.2 Å². The van der Waals surface area contributed by atoms with Crippen LogP contribution in [0.4, 0.5) is 0 Å². The lowest BCUT2D eigenvalue weighted by Crippen LogP contribution is -2.38. The van der Waals surface area contributed by atoms with E-state index in [0.717, 1.165) is 48.9 Å². The number of hydrogen-bond acceptors (Lipinski definition) is 5. The molecule has 0 N–H and O–H groups in total. The van der Waals surface area contributed by atoms with Crippen molar-refractivity contribution in [3.8, 4) is 0 Å². The normalized spacial score (nSPS) is 21.0. The van der Waals surface area contributed by atoms with Gasteiger partial charge in [0.25, 0.3) is 0 Å². The molecule has 0 radical (unpaired) electrons. The third kappa shape index (κ3) is 3.17. The van der Waals surface area contributed by atoms with Gasteiger partial charge in [-0.1, -0.05) is 18.5 Å². The van der Waals surface area contributed by atoms with E-state index in [-0.39, 0.29) is 11.3 Å². The molecule has 1 amide bonds. The predicted octanol–water partition coefficient (Wildman–Crippen LogP) is 3.02. The average Bonchev–Trinajstić information content (AvgIpc) is 3.30. The Balaban J connectivity index is 1.47. The molecule has 146 valence electrons. The highest BCUT2D eigenvalue weighted by molar-refractivity contribution is 5.77. The van der Waals surface area contributed by atoms with Crippen LogP contribution in [0.5, 0.6) is 0 Å². The average molecular weight is 371 g/mol. The van der Waals surface area contributed by atoms with Crippen LogP contribution in [0.15, 0.2) is 10.9 Å². The molecule has 0 aromatic carbocycles. The summed E-state index contributed by atoms with van der Waals surface area (Å²) < 4.78 is 7.41. The first kappa shape index (κ1) is 18.2. The first-order valence-electron chi connectivity index (χ1n) is 10.1. The van der Waals surface area contributed by atoms with E-state index in [4.69, 9.17) is 4.52 Å². The molecule has 7 heteroatoms. The van der Waals surface area contributed by atoms with Crippen LogP contribution >= 0.6 is 0 Å². The van der Waals surface area contributed by atoms with Gasteiger partial charge in [-0.05, 0) is 44.9 Å². The number of carbonyl (C=O) groups excluding carboxylic acids is 1. The van der Waals surface area contributed by atoms with E-state index in [1.165, 1.54) is 19.3 Å². The molecule has 1 aliphatic heterocycles. The van der Waals surface area contributed by atoms with Crippen molar-refractivity contribution >= 4 is 5.91 Å². The van der Waals surface area contributed by atoms with Crippen LogP contribution in [0.1, 0.15) is 67.8 Å². The Kier molecular flexibility index (Phi) is 4.78. The van der Waals surface area contributed by atoms with E-state index in [9.17, 15) is 4.79 Å². The lowest BCUT2D eigenvalue weighted by atomic mass is 9.62. The highest BCUT2D eigenvalue weighted by Crippen LogP contribution is 2.55. The summed E-state index contributed by atoms with van der Waals surface area (Å²) in [5.74, 6) is 2.42. The lowest BCUT2D eigenvalue weighted by Gasteiger charge is -2.42. The zero-order valence-electron chi connectivity index (χ0n) is 16.6. The van der Waals surface area contributed by atoms with Gasteiger partial charge in [-0.2, -0.15) is 0 Å². The number of aryl methyl sites for hydroxylation is 3. The van der Waals surface area contributed by atoms with Gasteiger partial charge in [-0.25, -0.2) is 0 Å². The van der Waals surface area contributed by atoms with Crippen molar-refractivity contribution in [2.45, 2.75) is 71.8 Å². The Hall–Kier alpha value is -2.18. The first-order valence-corrected chi connectivity index (χ1v) is 10.1. The Labute approximate surface area is 160 Å². The Morgan fingerprint density at radius 2 is 2.19 bits per heavy atom. The van der Waals surface area contributed by atoms with Crippen molar-refractivity contribution in [3.63, 3.8) is 0 Å². The van der Waals surface area contributed by atoms with Gasteiger partial charge >= 0.3 is 0 Å². The standard InChI is InChI=1S/C20H29N5O2/c1-4-10-24-13-21-22-19(24)17-11-25(12-20(17)8-5-9-20)18(26)7-6-16-14(2)23-27-15(16)3/h13,17H,4-12H2,1-3H3. The Morgan fingerprint density at radius 1 is 1.37 bits per heavy atom. The summed E-state index contributed by atoms with van der Waals surface area (Å²) in [7, 11) is 0. The Bertz CT molecular complexity index is 801. The molecule has 1 saturated carbocycles. The summed E-state index contributed by atoms with van der Waals surface area (Å²) in [6.07, 6.45) is 7.72. The molecule has 1 spiro atoms. The summed E-state index contributed by atoms with van der Waals surface area (Å²) >= 11 is 0. The van der Waals surface area contributed by atoms with Crippen LogP contribution in [0.3, 0.4) is 0 Å². The molecule has 2 aromatic rings. The van der Waals surface area contributed by atoms with Gasteiger partial charge in [0.1, 0.15) is 17.9 Å². The Morgan fingerprint density at radius 3 is 2.81 bits per heavy atom. The first-order chi connectivity index (χ1) is 13.0. The van der Waals surface area contributed by atoms with Gasteiger partial charge in [0.05, 0.1) is 5.69 Å². The molecule has 2 aliphatic rings. The summed E-state index contributed by atoms with van der Waals surface area (Å²) in [4.78, 5) is 15.0. The molecule has 27 heavy (non-hydrogen) atoms. The molecule has 2 fully saturated rings. The minimum Gasteiger partial charge on any atom is -0.361 e. The highest BCUT2D eigenvalue weighted by Gasteiger charge is 2.53. The van der Waals surface area contributed by atoms with Gasteiger partial charge in [0.2, 0.25) is 5.91 Å². The fourth-order valence-electron chi connectivity index (χ4n) is 4.85. The van der Waals surface area contributed by atoms with Crippen molar-refractivity contribution in [1.82, 2.24) is 24.8 Å². The summed E-state index contributed by atoms with van der Waals surface area (Å²) in [6.45, 7) is 8.58. The van der Waals surface area contributed by atoms with Crippen LogP contribution in [0.2, 0.25) is 0 Å². The maximum atomic E-state index is 12.9.